The van der Waals surface area contributed by atoms with Gasteiger partial charge >= 0.3 is 6.03 Å². The molecule has 2 rings (SSSR count). The highest BCUT2D eigenvalue weighted by Crippen LogP contribution is 2.15. The van der Waals surface area contributed by atoms with E-state index in [2.05, 4.69) is 5.32 Å². The molecular formula is C19H29N3O3. The van der Waals surface area contributed by atoms with Gasteiger partial charge in [0.25, 0.3) is 0 Å². The molecular weight excluding hydrogens is 318 g/mol. The summed E-state index contributed by atoms with van der Waals surface area (Å²) in [6.07, 6.45) is 2.02. The van der Waals surface area contributed by atoms with E-state index in [-0.39, 0.29) is 18.0 Å². The van der Waals surface area contributed by atoms with E-state index in [1.807, 2.05) is 43.0 Å². The highest BCUT2D eigenvalue weighted by molar-refractivity contribution is 5.79. The first-order chi connectivity index (χ1) is 12.1. The maximum absolute atomic E-state index is 12.5. The lowest BCUT2D eigenvalue weighted by molar-refractivity contribution is -0.131. The van der Waals surface area contributed by atoms with Crippen molar-refractivity contribution in [3.05, 3.63) is 29.8 Å². The summed E-state index contributed by atoms with van der Waals surface area (Å²) in [4.78, 5) is 28.2. The molecule has 0 radical (unpaired) electrons. The van der Waals surface area contributed by atoms with E-state index in [0.29, 0.717) is 32.6 Å². The molecule has 0 unspecified atom stereocenters. The average Bonchev–Trinajstić information content (AvgIpc) is 2.64. The van der Waals surface area contributed by atoms with Crippen LogP contribution < -0.4 is 10.1 Å². The van der Waals surface area contributed by atoms with E-state index >= 15 is 0 Å². The highest BCUT2D eigenvalue weighted by atomic mass is 16.5. The zero-order chi connectivity index (χ0) is 18.2. The Kier molecular flexibility index (Phi) is 7.10. The predicted octanol–water partition coefficient (Wildman–Crippen LogP) is 2.28. The van der Waals surface area contributed by atoms with Crippen LogP contribution in [0.3, 0.4) is 0 Å². The van der Waals surface area contributed by atoms with Gasteiger partial charge in [-0.3, -0.25) is 4.79 Å². The van der Waals surface area contributed by atoms with Gasteiger partial charge in [-0.25, -0.2) is 4.79 Å². The summed E-state index contributed by atoms with van der Waals surface area (Å²) in [7, 11) is 1.63. The van der Waals surface area contributed by atoms with Crippen LogP contribution in [-0.4, -0.2) is 61.1 Å². The molecule has 0 aromatic heterocycles. The molecule has 1 N–H and O–H groups in total. The molecule has 1 aromatic rings. The Morgan fingerprint density at radius 3 is 2.28 bits per heavy atom. The molecule has 1 saturated heterocycles. The summed E-state index contributed by atoms with van der Waals surface area (Å²) in [5.41, 5.74) is 0.989. The molecule has 1 heterocycles. The summed E-state index contributed by atoms with van der Waals surface area (Å²) in [5.74, 6) is 0.930. The van der Waals surface area contributed by atoms with Crippen molar-refractivity contribution in [1.82, 2.24) is 15.1 Å². The normalized spacial score (nSPS) is 14.9. The molecule has 0 spiro atoms. The Balaban J connectivity index is 1.78. The minimum absolute atomic E-state index is 0.00647. The molecule has 1 aromatic carbocycles. The Morgan fingerprint density at radius 1 is 1.16 bits per heavy atom. The number of rotatable bonds is 6. The number of benzene rings is 1. The number of nitrogens with one attached hydrogen (secondary N) is 1. The molecule has 25 heavy (non-hydrogen) atoms. The third-order valence-corrected chi connectivity index (χ3v) is 4.74. The second-order valence-corrected chi connectivity index (χ2v) is 6.30. The molecule has 138 valence electrons. The lowest BCUT2D eigenvalue weighted by Crippen LogP contribution is -2.50. The largest absolute Gasteiger partial charge is 0.497 e. The van der Waals surface area contributed by atoms with Crippen LogP contribution in [0.5, 0.6) is 5.75 Å². The maximum Gasteiger partial charge on any atom is 0.317 e. The van der Waals surface area contributed by atoms with Gasteiger partial charge in [0.1, 0.15) is 5.75 Å². The molecule has 0 aliphatic carbocycles. The molecule has 6 nitrogen and oxygen atoms in total. The van der Waals surface area contributed by atoms with E-state index in [0.717, 1.165) is 24.2 Å². The van der Waals surface area contributed by atoms with Crippen molar-refractivity contribution in [2.45, 2.75) is 39.2 Å². The number of hydrogen-bond acceptors (Lipinski definition) is 3. The highest BCUT2D eigenvalue weighted by Gasteiger charge is 2.24. The molecule has 6 heteroatoms. The molecule has 1 aliphatic heterocycles. The lowest BCUT2D eigenvalue weighted by Gasteiger charge is -2.33. The Hall–Kier alpha value is -2.24. The standard InChI is InChI=1S/C19H29N3O3/c1-4-21(5-2)19(24)20-16-10-12-22(13-11-16)18(23)14-15-6-8-17(25-3)9-7-15/h6-9,16H,4-5,10-14H2,1-3H3,(H,20,24). The van der Waals surface area contributed by atoms with Crippen molar-refractivity contribution in [3.63, 3.8) is 0 Å². The van der Waals surface area contributed by atoms with Crippen molar-refractivity contribution in [2.75, 3.05) is 33.3 Å². The van der Waals surface area contributed by atoms with Crippen LogP contribution in [0.15, 0.2) is 24.3 Å². The number of amides is 3. The zero-order valence-electron chi connectivity index (χ0n) is 15.5. The summed E-state index contributed by atoms with van der Waals surface area (Å²) >= 11 is 0. The van der Waals surface area contributed by atoms with Crippen molar-refractivity contribution < 1.29 is 14.3 Å². The Labute approximate surface area is 150 Å². The van der Waals surface area contributed by atoms with E-state index in [1.54, 1.807) is 12.0 Å². The zero-order valence-corrected chi connectivity index (χ0v) is 15.5. The van der Waals surface area contributed by atoms with Crippen LogP contribution in [-0.2, 0) is 11.2 Å². The number of methoxy groups -OCH3 is 1. The van der Waals surface area contributed by atoms with Crippen LogP contribution in [0.2, 0.25) is 0 Å². The Morgan fingerprint density at radius 2 is 1.76 bits per heavy atom. The second kappa shape index (κ2) is 9.30. The number of likely N-dealkylation sites (tertiary alicyclic amines) is 1. The molecule has 0 atom stereocenters. The van der Waals surface area contributed by atoms with Crippen LogP contribution in [0.25, 0.3) is 0 Å². The molecule has 0 saturated carbocycles. The third-order valence-electron chi connectivity index (χ3n) is 4.74. The fourth-order valence-electron chi connectivity index (χ4n) is 3.08. The number of carbonyl (C=O) groups excluding carboxylic acids is 2. The van der Waals surface area contributed by atoms with Gasteiger partial charge in [0, 0.05) is 32.2 Å². The molecule has 1 aliphatic rings. The van der Waals surface area contributed by atoms with Crippen LogP contribution in [0, 0.1) is 0 Å². The van der Waals surface area contributed by atoms with Crippen LogP contribution in [0.4, 0.5) is 4.79 Å². The molecule has 0 bridgehead atoms. The minimum atomic E-state index is -0.00647. The fraction of sp³-hybridized carbons (Fsp3) is 0.579. The number of nitrogens with zero attached hydrogens (tertiary/aromatic N) is 2. The van der Waals surface area contributed by atoms with Crippen molar-refractivity contribution >= 4 is 11.9 Å². The molecule has 1 fully saturated rings. The van der Waals surface area contributed by atoms with Crippen LogP contribution in [0.1, 0.15) is 32.3 Å². The van der Waals surface area contributed by atoms with E-state index < -0.39 is 0 Å². The van der Waals surface area contributed by atoms with Crippen molar-refractivity contribution in [1.29, 1.82) is 0 Å². The Bertz CT molecular complexity index is 562. The maximum atomic E-state index is 12.5. The van der Waals surface area contributed by atoms with E-state index in [9.17, 15) is 9.59 Å². The fourth-order valence-corrected chi connectivity index (χ4v) is 3.08. The number of piperidine rings is 1. The van der Waals surface area contributed by atoms with Gasteiger partial charge in [0.05, 0.1) is 13.5 Å². The molecule has 3 amide bonds. The quantitative estimate of drug-likeness (QED) is 0.859. The predicted molar refractivity (Wildman–Crippen MR) is 97.8 cm³/mol. The van der Waals surface area contributed by atoms with Gasteiger partial charge in [-0.2, -0.15) is 0 Å². The number of hydrogen-bond donors (Lipinski definition) is 1. The lowest BCUT2D eigenvalue weighted by atomic mass is 10.0. The summed E-state index contributed by atoms with van der Waals surface area (Å²) in [5, 5.41) is 3.08. The number of urea groups is 1. The van der Waals surface area contributed by atoms with Crippen molar-refractivity contribution in [3.8, 4) is 5.75 Å². The third kappa shape index (κ3) is 5.37. The minimum Gasteiger partial charge on any atom is -0.497 e. The number of carbonyl (C=O) groups is 2. The monoisotopic (exact) mass is 347 g/mol. The first-order valence-corrected chi connectivity index (χ1v) is 9.03. The first-order valence-electron chi connectivity index (χ1n) is 9.03. The van der Waals surface area contributed by atoms with E-state index in [1.165, 1.54) is 0 Å². The van der Waals surface area contributed by atoms with Gasteiger partial charge in [-0.15, -0.1) is 0 Å². The summed E-state index contributed by atoms with van der Waals surface area (Å²) < 4.78 is 5.13. The number of ether oxygens (including phenoxy) is 1. The summed E-state index contributed by atoms with van der Waals surface area (Å²) in [6.45, 7) is 6.76. The van der Waals surface area contributed by atoms with Gasteiger partial charge < -0.3 is 19.9 Å². The topological polar surface area (TPSA) is 61.9 Å². The smallest absolute Gasteiger partial charge is 0.317 e. The van der Waals surface area contributed by atoms with E-state index in [4.69, 9.17) is 4.74 Å². The SMILES string of the molecule is CCN(CC)C(=O)NC1CCN(C(=O)Cc2ccc(OC)cc2)CC1. The van der Waals surface area contributed by atoms with Gasteiger partial charge in [0.15, 0.2) is 0 Å². The van der Waals surface area contributed by atoms with Gasteiger partial charge in [-0.1, -0.05) is 12.1 Å². The second-order valence-electron chi connectivity index (χ2n) is 6.30. The average molecular weight is 347 g/mol. The summed E-state index contributed by atoms with van der Waals surface area (Å²) in [6, 6.07) is 7.74. The van der Waals surface area contributed by atoms with Crippen LogP contribution >= 0.6 is 0 Å². The van der Waals surface area contributed by atoms with Gasteiger partial charge in [-0.05, 0) is 44.4 Å². The van der Waals surface area contributed by atoms with Crippen molar-refractivity contribution in [2.24, 2.45) is 0 Å². The van der Waals surface area contributed by atoms with Gasteiger partial charge in [0.2, 0.25) is 5.91 Å². The first kappa shape index (κ1) is 19.1.